The third-order valence-electron chi connectivity index (χ3n) is 5.75. The number of aliphatic hydroxyl groups excluding tert-OH is 1. The maximum atomic E-state index is 13.3. The molecule has 9 heteroatoms. The van der Waals surface area contributed by atoms with E-state index in [1.807, 2.05) is 6.92 Å². The molecule has 0 radical (unpaired) electrons. The third-order valence-corrected chi connectivity index (χ3v) is 6.52. The fraction of sp³-hybridized carbons (Fsp3) is 0.296. The topological polar surface area (TPSA) is 98.2 Å². The lowest BCUT2D eigenvalue weighted by molar-refractivity contribution is -0.132. The van der Waals surface area contributed by atoms with E-state index < -0.39 is 17.7 Å². The summed E-state index contributed by atoms with van der Waals surface area (Å²) in [4.78, 5) is 32.1. The molecule has 36 heavy (non-hydrogen) atoms. The summed E-state index contributed by atoms with van der Waals surface area (Å²) < 4.78 is 16.9. The summed E-state index contributed by atoms with van der Waals surface area (Å²) in [7, 11) is 1.52. The number of nitrogens with zero attached hydrogens (tertiary/aromatic N) is 2. The first-order valence-electron chi connectivity index (χ1n) is 11.7. The van der Waals surface area contributed by atoms with E-state index in [2.05, 4.69) is 11.9 Å². The molecule has 0 bridgehead atoms. The molecule has 1 aromatic heterocycles. The summed E-state index contributed by atoms with van der Waals surface area (Å²) >= 11 is 1.23. The minimum absolute atomic E-state index is 0.0351. The van der Waals surface area contributed by atoms with Crippen molar-refractivity contribution in [3.63, 3.8) is 0 Å². The largest absolute Gasteiger partial charge is 0.507 e. The fourth-order valence-corrected chi connectivity index (χ4v) is 4.70. The number of amides is 1. The van der Waals surface area contributed by atoms with E-state index >= 15 is 0 Å². The van der Waals surface area contributed by atoms with Gasteiger partial charge in [-0.1, -0.05) is 31.5 Å². The summed E-state index contributed by atoms with van der Waals surface area (Å²) in [5.74, 6) is -0.290. The highest BCUT2D eigenvalue weighted by Crippen LogP contribution is 2.44. The number of benzene rings is 2. The van der Waals surface area contributed by atoms with Gasteiger partial charge < -0.3 is 19.3 Å². The lowest BCUT2D eigenvalue weighted by Gasteiger charge is -2.24. The molecular formula is C27H28N2O6S. The van der Waals surface area contributed by atoms with Crippen LogP contribution in [0.15, 0.2) is 59.6 Å². The summed E-state index contributed by atoms with van der Waals surface area (Å²) in [6.45, 7) is 4.93. The smallest absolute Gasteiger partial charge is 0.301 e. The van der Waals surface area contributed by atoms with Crippen LogP contribution in [0.3, 0.4) is 0 Å². The molecule has 0 saturated carbocycles. The van der Waals surface area contributed by atoms with Gasteiger partial charge >= 0.3 is 5.91 Å². The average Bonchev–Trinajstić information content (AvgIpc) is 3.51. The molecule has 2 heterocycles. The van der Waals surface area contributed by atoms with Crippen molar-refractivity contribution in [1.82, 2.24) is 4.98 Å². The summed E-state index contributed by atoms with van der Waals surface area (Å²) in [5.41, 5.74) is 0.915. The first-order chi connectivity index (χ1) is 17.5. The number of unbranched alkanes of at least 4 members (excludes halogenated alkanes) is 1. The molecule has 3 aromatic rings. The van der Waals surface area contributed by atoms with Gasteiger partial charge in [-0.2, -0.15) is 0 Å². The van der Waals surface area contributed by atoms with Crippen LogP contribution in [0.2, 0.25) is 0 Å². The first kappa shape index (κ1) is 25.2. The van der Waals surface area contributed by atoms with Crippen molar-refractivity contribution in [3.05, 3.63) is 70.7 Å². The summed E-state index contributed by atoms with van der Waals surface area (Å²) in [6.07, 6.45) is 3.45. The van der Waals surface area contributed by atoms with Gasteiger partial charge in [-0.25, -0.2) is 4.98 Å². The second-order valence-corrected chi connectivity index (χ2v) is 8.93. The van der Waals surface area contributed by atoms with E-state index in [4.69, 9.17) is 14.2 Å². The molecule has 1 amide bonds. The molecule has 1 atom stereocenters. The number of carbonyl (C=O) groups excluding carboxylic acids is 2. The molecule has 1 saturated heterocycles. The van der Waals surface area contributed by atoms with Crippen LogP contribution >= 0.6 is 11.3 Å². The normalized spacial score (nSPS) is 16.9. The Balaban J connectivity index is 1.85. The highest BCUT2D eigenvalue weighted by atomic mass is 32.1. The molecule has 0 aliphatic carbocycles. The van der Waals surface area contributed by atoms with E-state index in [1.54, 1.807) is 54.0 Å². The molecule has 188 valence electrons. The molecule has 1 aliphatic rings. The van der Waals surface area contributed by atoms with Gasteiger partial charge in [0.05, 0.1) is 31.9 Å². The van der Waals surface area contributed by atoms with Crippen LogP contribution in [0, 0.1) is 0 Å². The number of Topliss-reactive ketones (excluding diaryl/α,β-unsaturated/α-hetero) is 1. The predicted molar refractivity (Wildman–Crippen MR) is 138 cm³/mol. The number of aliphatic hydroxyl groups is 1. The Hall–Kier alpha value is -3.85. The first-order valence-corrected chi connectivity index (χ1v) is 12.6. The second-order valence-electron chi connectivity index (χ2n) is 8.06. The van der Waals surface area contributed by atoms with Gasteiger partial charge in [0.1, 0.15) is 11.5 Å². The minimum Gasteiger partial charge on any atom is -0.507 e. The predicted octanol–water partition coefficient (Wildman–Crippen LogP) is 5.36. The zero-order chi connectivity index (χ0) is 25.7. The number of anilines is 1. The van der Waals surface area contributed by atoms with Crippen molar-refractivity contribution < 1.29 is 28.9 Å². The highest BCUT2D eigenvalue weighted by molar-refractivity contribution is 7.14. The van der Waals surface area contributed by atoms with E-state index in [0.717, 1.165) is 12.8 Å². The number of ketones is 1. The number of ether oxygens (including phenoxy) is 3. The Morgan fingerprint density at radius 2 is 1.94 bits per heavy atom. The Labute approximate surface area is 213 Å². The van der Waals surface area contributed by atoms with Gasteiger partial charge in [-0.15, -0.1) is 11.3 Å². The highest BCUT2D eigenvalue weighted by Gasteiger charge is 2.48. The Bertz CT molecular complexity index is 1270. The van der Waals surface area contributed by atoms with Crippen molar-refractivity contribution >= 4 is 33.9 Å². The number of aromatic nitrogens is 1. The van der Waals surface area contributed by atoms with Crippen LogP contribution in [0.1, 0.15) is 43.9 Å². The zero-order valence-electron chi connectivity index (χ0n) is 20.4. The van der Waals surface area contributed by atoms with Crippen LogP contribution in [0.5, 0.6) is 17.2 Å². The van der Waals surface area contributed by atoms with E-state index in [1.165, 1.54) is 23.3 Å². The van der Waals surface area contributed by atoms with Crippen LogP contribution in [0.25, 0.3) is 5.76 Å². The summed E-state index contributed by atoms with van der Waals surface area (Å²) in [5, 5.41) is 13.4. The second kappa shape index (κ2) is 11.3. The maximum absolute atomic E-state index is 13.3. The van der Waals surface area contributed by atoms with Crippen molar-refractivity contribution in [1.29, 1.82) is 0 Å². The molecule has 1 N–H and O–H groups in total. The number of methoxy groups -OCH3 is 1. The van der Waals surface area contributed by atoms with Crippen molar-refractivity contribution in [3.8, 4) is 17.2 Å². The maximum Gasteiger partial charge on any atom is 0.301 e. The number of hydrogen-bond donors (Lipinski definition) is 1. The molecule has 1 fully saturated rings. The van der Waals surface area contributed by atoms with Crippen LogP contribution in [-0.4, -0.2) is 42.1 Å². The van der Waals surface area contributed by atoms with Gasteiger partial charge in [0.25, 0.3) is 5.78 Å². The monoisotopic (exact) mass is 508 g/mol. The quantitative estimate of drug-likeness (QED) is 0.170. The molecule has 1 unspecified atom stereocenters. The third kappa shape index (κ3) is 4.92. The SMILES string of the molecule is CCCCOc1cccc(C(O)=C2C(=O)C(=O)N(c3nccs3)C2c2ccc(OCC)c(OC)c2)c1. The minimum atomic E-state index is -0.912. The van der Waals surface area contributed by atoms with E-state index in [9.17, 15) is 14.7 Å². The van der Waals surface area contributed by atoms with Crippen molar-refractivity contribution in [2.24, 2.45) is 0 Å². The van der Waals surface area contributed by atoms with Crippen LogP contribution in [0.4, 0.5) is 5.13 Å². The lowest BCUT2D eigenvalue weighted by atomic mass is 9.95. The number of carbonyl (C=O) groups is 2. The number of rotatable bonds is 10. The molecule has 8 nitrogen and oxygen atoms in total. The Morgan fingerprint density at radius 1 is 1.11 bits per heavy atom. The van der Waals surface area contributed by atoms with Gasteiger partial charge in [-0.3, -0.25) is 14.5 Å². The van der Waals surface area contributed by atoms with Gasteiger partial charge in [0.2, 0.25) is 0 Å². The van der Waals surface area contributed by atoms with Crippen LogP contribution < -0.4 is 19.1 Å². The molecular weight excluding hydrogens is 480 g/mol. The van der Waals surface area contributed by atoms with E-state index in [-0.39, 0.29) is 11.3 Å². The van der Waals surface area contributed by atoms with Gasteiger partial charge in [-0.05, 0) is 43.2 Å². The average molecular weight is 509 g/mol. The molecule has 0 spiro atoms. The molecule has 2 aromatic carbocycles. The van der Waals surface area contributed by atoms with E-state index in [0.29, 0.717) is 46.7 Å². The summed E-state index contributed by atoms with van der Waals surface area (Å²) in [6, 6.07) is 11.1. The number of thiazole rings is 1. The lowest BCUT2D eigenvalue weighted by Crippen LogP contribution is -2.29. The Kier molecular flexibility index (Phi) is 7.90. The molecule has 1 aliphatic heterocycles. The van der Waals surface area contributed by atoms with Crippen molar-refractivity contribution in [2.45, 2.75) is 32.7 Å². The Morgan fingerprint density at radius 3 is 2.64 bits per heavy atom. The molecule has 4 rings (SSSR count). The van der Waals surface area contributed by atoms with Gasteiger partial charge in [0.15, 0.2) is 16.6 Å². The van der Waals surface area contributed by atoms with Crippen LogP contribution in [-0.2, 0) is 9.59 Å². The number of hydrogen-bond acceptors (Lipinski definition) is 8. The zero-order valence-corrected chi connectivity index (χ0v) is 21.2. The standard InChI is InChI=1S/C27H28N2O6S/c1-4-6-13-35-19-9-7-8-18(15-19)24(30)22-23(17-10-11-20(34-5-2)21(16-17)33-3)29(26(32)25(22)31)27-28-12-14-36-27/h7-12,14-16,23,30H,4-6,13H2,1-3H3. The van der Waals surface area contributed by atoms with Gasteiger partial charge in [0, 0.05) is 17.1 Å². The van der Waals surface area contributed by atoms with Crippen molar-refractivity contribution in [2.75, 3.05) is 25.2 Å². The fourth-order valence-electron chi connectivity index (χ4n) is 4.03.